The fourth-order valence-electron chi connectivity index (χ4n) is 2.76. The Balaban J connectivity index is 1.76. The van der Waals surface area contributed by atoms with Crippen LogP contribution in [0.5, 0.6) is 0 Å². The van der Waals surface area contributed by atoms with Gasteiger partial charge in [0.25, 0.3) is 17.7 Å². The Kier molecular flexibility index (Phi) is 4.59. The molecule has 0 spiro atoms. The molecule has 0 radical (unpaired) electrons. The standard InChI is InChI=1S/C19H17ClN2O3/c1-11(2)22-18(24)15-8-5-13(9-16(15)19(22)25)17(23)21-10-12-3-6-14(20)7-4-12/h3-9,11H,10H2,1-2H3,(H,21,23). The molecule has 1 N–H and O–H groups in total. The highest BCUT2D eigenvalue weighted by Gasteiger charge is 2.37. The van der Waals surface area contributed by atoms with Crippen LogP contribution in [0.3, 0.4) is 0 Å². The minimum atomic E-state index is -0.359. The first-order chi connectivity index (χ1) is 11.9. The van der Waals surface area contributed by atoms with Crippen LogP contribution in [0.4, 0.5) is 0 Å². The van der Waals surface area contributed by atoms with Gasteiger partial charge in [-0.25, -0.2) is 0 Å². The molecule has 2 aromatic carbocycles. The molecule has 0 fully saturated rings. The number of halogens is 1. The molecule has 2 aromatic rings. The topological polar surface area (TPSA) is 66.5 Å². The summed E-state index contributed by atoms with van der Waals surface area (Å²) in [5.41, 5.74) is 1.88. The fraction of sp³-hybridized carbons (Fsp3) is 0.211. The number of amides is 3. The molecule has 128 valence electrons. The number of benzene rings is 2. The molecule has 0 aromatic heterocycles. The van der Waals surface area contributed by atoms with Crippen LogP contribution in [0.2, 0.25) is 5.02 Å². The lowest BCUT2D eigenvalue weighted by molar-refractivity contribution is 0.0609. The molecule has 1 heterocycles. The predicted octanol–water partition coefficient (Wildman–Crippen LogP) is 3.27. The number of imide groups is 1. The Morgan fingerprint density at radius 1 is 1.04 bits per heavy atom. The van der Waals surface area contributed by atoms with Gasteiger partial charge < -0.3 is 5.32 Å². The number of hydrogen-bond donors (Lipinski definition) is 1. The monoisotopic (exact) mass is 356 g/mol. The van der Waals surface area contributed by atoms with Crippen molar-refractivity contribution >= 4 is 29.3 Å². The van der Waals surface area contributed by atoms with Gasteiger partial charge in [-0.2, -0.15) is 0 Å². The third-order valence-corrected chi connectivity index (χ3v) is 4.31. The fourth-order valence-corrected chi connectivity index (χ4v) is 2.88. The van der Waals surface area contributed by atoms with E-state index in [4.69, 9.17) is 11.6 Å². The van der Waals surface area contributed by atoms with Crippen LogP contribution in [-0.2, 0) is 6.54 Å². The van der Waals surface area contributed by atoms with Crippen LogP contribution >= 0.6 is 11.6 Å². The maximum absolute atomic E-state index is 12.4. The lowest BCUT2D eigenvalue weighted by Crippen LogP contribution is -2.35. The molecule has 3 rings (SSSR count). The molecule has 0 bridgehead atoms. The number of carbonyl (C=O) groups is 3. The zero-order chi connectivity index (χ0) is 18.1. The zero-order valence-electron chi connectivity index (χ0n) is 13.9. The van der Waals surface area contributed by atoms with Crippen molar-refractivity contribution in [2.75, 3.05) is 0 Å². The molecule has 0 aliphatic carbocycles. The van der Waals surface area contributed by atoms with Crippen molar-refractivity contribution < 1.29 is 14.4 Å². The van der Waals surface area contributed by atoms with E-state index in [0.29, 0.717) is 22.7 Å². The highest BCUT2D eigenvalue weighted by atomic mass is 35.5. The highest BCUT2D eigenvalue weighted by Crippen LogP contribution is 2.25. The van der Waals surface area contributed by atoms with E-state index in [9.17, 15) is 14.4 Å². The predicted molar refractivity (Wildman–Crippen MR) is 94.7 cm³/mol. The summed E-state index contributed by atoms with van der Waals surface area (Å²) in [6.45, 7) is 3.90. The maximum Gasteiger partial charge on any atom is 0.261 e. The van der Waals surface area contributed by atoms with Crippen molar-refractivity contribution in [1.29, 1.82) is 0 Å². The van der Waals surface area contributed by atoms with E-state index in [1.165, 1.54) is 17.0 Å². The summed E-state index contributed by atoms with van der Waals surface area (Å²) >= 11 is 5.83. The molecule has 3 amide bonds. The molecular weight excluding hydrogens is 340 g/mol. The van der Waals surface area contributed by atoms with Gasteiger partial charge in [0.05, 0.1) is 11.1 Å². The lowest BCUT2D eigenvalue weighted by Gasteiger charge is -2.17. The Morgan fingerprint density at radius 2 is 1.68 bits per heavy atom. The zero-order valence-corrected chi connectivity index (χ0v) is 14.6. The largest absolute Gasteiger partial charge is 0.348 e. The van der Waals surface area contributed by atoms with E-state index >= 15 is 0 Å². The number of nitrogens with one attached hydrogen (secondary N) is 1. The minimum absolute atomic E-state index is 0.227. The number of carbonyl (C=O) groups excluding carboxylic acids is 3. The van der Waals surface area contributed by atoms with Gasteiger partial charge in [-0.1, -0.05) is 23.7 Å². The number of fused-ring (bicyclic) bond motifs is 1. The summed E-state index contributed by atoms with van der Waals surface area (Å²) in [6, 6.07) is 11.5. The maximum atomic E-state index is 12.4. The third kappa shape index (κ3) is 3.28. The van der Waals surface area contributed by atoms with Gasteiger partial charge in [0.1, 0.15) is 0 Å². The van der Waals surface area contributed by atoms with Gasteiger partial charge in [0.15, 0.2) is 0 Å². The molecular formula is C19H17ClN2O3. The average molecular weight is 357 g/mol. The van der Waals surface area contributed by atoms with Crippen molar-refractivity contribution in [3.05, 3.63) is 69.7 Å². The van der Waals surface area contributed by atoms with E-state index in [2.05, 4.69) is 5.32 Å². The summed E-state index contributed by atoms with van der Waals surface area (Å²) in [7, 11) is 0. The van der Waals surface area contributed by atoms with Crippen molar-refractivity contribution in [2.24, 2.45) is 0 Å². The van der Waals surface area contributed by atoms with Crippen LogP contribution < -0.4 is 5.32 Å². The van der Waals surface area contributed by atoms with Crippen LogP contribution in [0.15, 0.2) is 42.5 Å². The molecule has 25 heavy (non-hydrogen) atoms. The Hall–Kier alpha value is -2.66. The average Bonchev–Trinajstić information content (AvgIpc) is 2.84. The van der Waals surface area contributed by atoms with Crippen LogP contribution in [0.25, 0.3) is 0 Å². The second-order valence-corrected chi connectivity index (χ2v) is 6.58. The normalized spacial score (nSPS) is 13.4. The molecule has 0 atom stereocenters. The first kappa shape index (κ1) is 17.2. The Labute approximate surface area is 150 Å². The SMILES string of the molecule is CC(C)N1C(=O)c2ccc(C(=O)NCc3ccc(Cl)cc3)cc2C1=O. The van der Waals surface area contributed by atoms with Crippen molar-refractivity contribution in [3.8, 4) is 0 Å². The molecule has 0 saturated heterocycles. The van der Waals surface area contributed by atoms with Gasteiger partial charge in [-0.05, 0) is 49.7 Å². The van der Waals surface area contributed by atoms with Gasteiger partial charge in [-0.15, -0.1) is 0 Å². The van der Waals surface area contributed by atoms with Crippen molar-refractivity contribution in [2.45, 2.75) is 26.4 Å². The van der Waals surface area contributed by atoms with Crippen molar-refractivity contribution in [1.82, 2.24) is 10.2 Å². The summed E-state index contributed by atoms with van der Waals surface area (Å²) in [5, 5.41) is 3.43. The van der Waals surface area contributed by atoms with E-state index in [0.717, 1.165) is 5.56 Å². The second-order valence-electron chi connectivity index (χ2n) is 6.14. The molecule has 5 nitrogen and oxygen atoms in total. The van der Waals surface area contributed by atoms with Gasteiger partial charge in [0, 0.05) is 23.2 Å². The molecule has 0 saturated carbocycles. The van der Waals surface area contributed by atoms with E-state index in [1.54, 1.807) is 32.0 Å². The second kappa shape index (κ2) is 6.69. The van der Waals surface area contributed by atoms with Gasteiger partial charge in [-0.3, -0.25) is 19.3 Å². The molecule has 1 aliphatic heterocycles. The highest BCUT2D eigenvalue weighted by molar-refractivity contribution is 6.30. The summed E-state index contributed by atoms with van der Waals surface area (Å²) in [4.78, 5) is 38.2. The summed E-state index contributed by atoms with van der Waals surface area (Å²) in [5.74, 6) is -0.980. The number of hydrogen-bond acceptors (Lipinski definition) is 3. The smallest absolute Gasteiger partial charge is 0.261 e. The van der Waals surface area contributed by atoms with Crippen LogP contribution in [0, 0.1) is 0 Å². The molecule has 6 heteroatoms. The van der Waals surface area contributed by atoms with E-state index in [-0.39, 0.29) is 29.3 Å². The van der Waals surface area contributed by atoms with Crippen molar-refractivity contribution in [3.63, 3.8) is 0 Å². The number of nitrogens with zero attached hydrogens (tertiary/aromatic N) is 1. The summed E-state index contributed by atoms with van der Waals surface area (Å²) in [6.07, 6.45) is 0. The third-order valence-electron chi connectivity index (χ3n) is 4.06. The summed E-state index contributed by atoms with van der Waals surface area (Å²) < 4.78 is 0. The quantitative estimate of drug-likeness (QED) is 0.855. The Bertz CT molecular complexity index is 859. The first-order valence-electron chi connectivity index (χ1n) is 7.93. The van der Waals surface area contributed by atoms with Crippen LogP contribution in [0.1, 0.15) is 50.5 Å². The Morgan fingerprint density at radius 3 is 2.32 bits per heavy atom. The lowest BCUT2D eigenvalue weighted by atomic mass is 10.1. The van der Waals surface area contributed by atoms with E-state index in [1.807, 2.05) is 12.1 Å². The minimum Gasteiger partial charge on any atom is -0.348 e. The van der Waals surface area contributed by atoms with E-state index < -0.39 is 0 Å². The number of rotatable bonds is 4. The van der Waals surface area contributed by atoms with Gasteiger partial charge >= 0.3 is 0 Å². The van der Waals surface area contributed by atoms with Gasteiger partial charge in [0.2, 0.25) is 0 Å². The molecule has 1 aliphatic rings. The molecule has 0 unspecified atom stereocenters. The van der Waals surface area contributed by atoms with Crippen LogP contribution in [-0.4, -0.2) is 28.7 Å². The first-order valence-corrected chi connectivity index (χ1v) is 8.31.